The normalized spacial score (nSPS) is 23.8. The number of aromatic nitrogens is 1. The predicted molar refractivity (Wildman–Crippen MR) is 65.7 cm³/mol. The maximum absolute atomic E-state index is 5.58. The van der Waals surface area contributed by atoms with Crippen LogP contribution in [0.3, 0.4) is 0 Å². The van der Waals surface area contributed by atoms with Gasteiger partial charge in [0.1, 0.15) is 0 Å². The Balaban J connectivity index is 1.87. The van der Waals surface area contributed by atoms with Crippen molar-refractivity contribution in [1.82, 2.24) is 9.88 Å². The third-order valence-electron chi connectivity index (χ3n) is 3.33. The van der Waals surface area contributed by atoms with Crippen LogP contribution in [-0.4, -0.2) is 23.5 Å². The van der Waals surface area contributed by atoms with Crippen molar-refractivity contribution in [2.45, 2.75) is 26.4 Å². The molecule has 0 radical (unpaired) electrons. The molecule has 1 aliphatic carbocycles. The van der Waals surface area contributed by atoms with Crippen molar-refractivity contribution in [3.8, 4) is 0 Å². The van der Waals surface area contributed by atoms with Gasteiger partial charge in [0.05, 0.1) is 11.4 Å². The van der Waals surface area contributed by atoms with E-state index in [1.807, 2.05) is 12.1 Å². The lowest BCUT2D eigenvalue weighted by Crippen LogP contribution is -2.21. The molecule has 2 unspecified atom stereocenters. The maximum atomic E-state index is 5.58. The highest BCUT2D eigenvalue weighted by Crippen LogP contribution is 2.38. The van der Waals surface area contributed by atoms with Crippen molar-refractivity contribution in [3.05, 3.63) is 29.6 Å². The second-order valence-corrected chi connectivity index (χ2v) is 4.99. The largest absolute Gasteiger partial charge is 0.325 e. The standard InChI is InChI=1S/C13H21N3/c1-10-6-11(10)8-16(2)9-13-5-3-4-12(7-14)15-13/h3-5,10-11H,6-9,14H2,1-2H3. The molecule has 16 heavy (non-hydrogen) atoms. The topological polar surface area (TPSA) is 42.1 Å². The summed E-state index contributed by atoms with van der Waals surface area (Å²) in [5.41, 5.74) is 7.68. The van der Waals surface area contributed by atoms with Crippen LogP contribution in [0.5, 0.6) is 0 Å². The molecule has 3 nitrogen and oxygen atoms in total. The fraction of sp³-hybridized carbons (Fsp3) is 0.615. The minimum absolute atomic E-state index is 0.525. The fourth-order valence-corrected chi connectivity index (χ4v) is 2.13. The van der Waals surface area contributed by atoms with E-state index < -0.39 is 0 Å². The van der Waals surface area contributed by atoms with Crippen LogP contribution in [0.15, 0.2) is 18.2 Å². The lowest BCUT2D eigenvalue weighted by molar-refractivity contribution is 0.304. The van der Waals surface area contributed by atoms with Gasteiger partial charge in [-0.3, -0.25) is 4.98 Å². The average Bonchev–Trinajstić information content (AvgIpc) is 2.94. The van der Waals surface area contributed by atoms with E-state index in [0.29, 0.717) is 6.54 Å². The minimum Gasteiger partial charge on any atom is -0.325 e. The van der Waals surface area contributed by atoms with Gasteiger partial charge in [-0.25, -0.2) is 0 Å². The molecule has 88 valence electrons. The van der Waals surface area contributed by atoms with Gasteiger partial charge in [-0.2, -0.15) is 0 Å². The Hall–Kier alpha value is -0.930. The molecule has 0 amide bonds. The summed E-state index contributed by atoms with van der Waals surface area (Å²) < 4.78 is 0. The molecule has 1 aromatic heterocycles. The van der Waals surface area contributed by atoms with Crippen molar-refractivity contribution in [3.63, 3.8) is 0 Å². The Morgan fingerprint density at radius 3 is 2.75 bits per heavy atom. The highest BCUT2D eigenvalue weighted by molar-refractivity contribution is 5.11. The van der Waals surface area contributed by atoms with E-state index in [9.17, 15) is 0 Å². The van der Waals surface area contributed by atoms with E-state index >= 15 is 0 Å². The van der Waals surface area contributed by atoms with Crippen LogP contribution < -0.4 is 5.73 Å². The number of rotatable bonds is 5. The Kier molecular flexibility index (Phi) is 3.56. The molecule has 2 rings (SSSR count). The lowest BCUT2D eigenvalue weighted by Gasteiger charge is -2.16. The number of pyridine rings is 1. The molecule has 0 spiro atoms. The maximum Gasteiger partial charge on any atom is 0.0547 e. The zero-order valence-electron chi connectivity index (χ0n) is 10.2. The second kappa shape index (κ2) is 4.93. The summed E-state index contributed by atoms with van der Waals surface area (Å²) in [4.78, 5) is 6.87. The van der Waals surface area contributed by atoms with Crippen molar-refractivity contribution >= 4 is 0 Å². The van der Waals surface area contributed by atoms with Gasteiger partial charge in [-0.15, -0.1) is 0 Å². The Morgan fingerprint density at radius 2 is 2.12 bits per heavy atom. The molecule has 2 atom stereocenters. The number of nitrogens with zero attached hydrogens (tertiary/aromatic N) is 2. The Morgan fingerprint density at radius 1 is 1.44 bits per heavy atom. The third kappa shape index (κ3) is 3.03. The SMILES string of the molecule is CC1CC1CN(C)Cc1cccc(CN)n1. The smallest absolute Gasteiger partial charge is 0.0547 e. The summed E-state index contributed by atoms with van der Waals surface area (Å²) in [7, 11) is 2.17. The number of hydrogen-bond donors (Lipinski definition) is 1. The van der Waals surface area contributed by atoms with E-state index in [2.05, 4.69) is 29.9 Å². The highest BCUT2D eigenvalue weighted by Gasteiger charge is 2.32. The zero-order valence-corrected chi connectivity index (χ0v) is 10.2. The molecule has 0 saturated heterocycles. The summed E-state index contributed by atoms with van der Waals surface area (Å²) >= 11 is 0. The summed E-state index contributed by atoms with van der Waals surface area (Å²) in [5.74, 6) is 1.83. The first kappa shape index (κ1) is 11.6. The highest BCUT2D eigenvalue weighted by atomic mass is 15.1. The van der Waals surface area contributed by atoms with Gasteiger partial charge in [0.25, 0.3) is 0 Å². The molecular weight excluding hydrogens is 198 g/mol. The summed E-state index contributed by atoms with van der Waals surface area (Å²) in [6, 6.07) is 6.09. The molecule has 0 aliphatic heterocycles. The van der Waals surface area contributed by atoms with Gasteiger partial charge in [0.2, 0.25) is 0 Å². The Labute approximate surface area is 97.7 Å². The van der Waals surface area contributed by atoms with E-state index in [1.165, 1.54) is 13.0 Å². The van der Waals surface area contributed by atoms with Crippen LogP contribution >= 0.6 is 0 Å². The summed E-state index contributed by atoms with van der Waals surface area (Å²) in [5, 5.41) is 0. The second-order valence-electron chi connectivity index (χ2n) is 4.99. The first-order valence-electron chi connectivity index (χ1n) is 6.02. The van der Waals surface area contributed by atoms with E-state index in [0.717, 1.165) is 29.8 Å². The molecular formula is C13H21N3. The zero-order chi connectivity index (χ0) is 11.5. The molecule has 1 aliphatic rings. The quantitative estimate of drug-likeness (QED) is 0.818. The van der Waals surface area contributed by atoms with Crippen molar-refractivity contribution in [1.29, 1.82) is 0 Å². The molecule has 0 bridgehead atoms. The molecule has 1 aromatic rings. The van der Waals surface area contributed by atoms with Crippen LogP contribution in [0.25, 0.3) is 0 Å². The fourth-order valence-electron chi connectivity index (χ4n) is 2.13. The van der Waals surface area contributed by atoms with Gasteiger partial charge in [-0.05, 0) is 37.4 Å². The monoisotopic (exact) mass is 219 g/mol. The van der Waals surface area contributed by atoms with Crippen LogP contribution in [0.1, 0.15) is 24.7 Å². The van der Waals surface area contributed by atoms with Crippen LogP contribution in [-0.2, 0) is 13.1 Å². The average molecular weight is 219 g/mol. The van der Waals surface area contributed by atoms with Gasteiger partial charge in [0, 0.05) is 19.6 Å². The molecule has 1 fully saturated rings. The molecule has 3 heteroatoms. The number of hydrogen-bond acceptors (Lipinski definition) is 3. The lowest BCUT2D eigenvalue weighted by atomic mass is 10.2. The third-order valence-corrected chi connectivity index (χ3v) is 3.33. The first-order chi connectivity index (χ1) is 7.69. The van der Waals surface area contributed by atoms with Gasteiger partial charge in [-0.1, -0.05) is 13.0 Å². The van der Waals surface area contributed by atoms with Crippen LogP contribution in [0.2, 0.25) is 0 Å². The van der Waals surface area contributed by atoms with Crippen LogP contribution in [0.4, 0.5) is 0 Å². The number of nitrogens with two attached hydrogens (primary N) is 1. The van der Waals surface area contributed by atoms with Gasteiger partial charge < -0.3 is 10.6 Å². The van der Waals surface area contributed by atoms with Crippen molar-refractivity contribution in [2.24, 2.45) is 17.6 Å². The minimum atomic E-state index is 0.525. The molecule has 1 saturated carbocycles. The molecule has 2 N–H and O–H groups in total. The predicted octanol–water partition coefficient (Wildman–Crippen LogP) is 1.63. The van der Waals surface area contributed by atoms with Crippen molar-refractivity contribution < 1.29 is 0 Å². The van der Waals surface area contributed by atoms with Crippen LogP contribution in [0, 0.1) is 11.8 Å². The van der Waals surface area contributed by atoms with Crippen molar-refractivity contribution in [2.75, 3.05) is 13.6 Å². The molecule has 1 heterocycles. The van der Waals surface area contributed by atoms with E-state index in [-0.39, 0.29) is 0 Å². The Bertz CT molecular complexity index is 351. The molecule has 0 aromatic carbocycles. The summed E-state index contributed by atoms with van der Waals surface area (Å²) in [6.45, 7) is 4.97. The van der Waals surface area contributed by atoms with E-state index in [1.54, 1.807) is 0 Å². The first-order valence-corrected chi connectivity index (χ1v) is 6.02. The van der Waals surface area contributed by atoms with E-state index in [4.69, 9.17) is 5.73 Å². The van der Waals surface area contributed by atoms with Gasteiger partial charge in [0.15, 0.2) is 0 Å². The summed E-state index contributed by atoms with van der Waals surface area (Å²) in [6.07, 6.45) is 1.39. The van der Waals surface area contributed by atoms with Gasteiger partial charge >= 0.3 is 0 Å².